The van der Waals surface area contributed by atoms with Gasteiger partial charge in [-0.15, -0.1) is 0 Å². The number of hydrogen-bond donors (Lipinski definition) is 3. The summed E-state index contributed by atoms with van der Waals surface area (Å²) in [6.07, 6.45) is 16.3. The van der Waals surface area contributed by atoms with Gasteiger partial charge in [0.15, 0.2) is 0 Å². The molecule has 27 heavy (non-hydrogen) atoms. The lowest BCUT2D eigenvalue weighted by Gasteiger charge is -2.22. The fraction of sp³-hybridized carbons (Fsp3) is 1.00. The standard InChI is InChI=1S/C23H51N3S/c1-5-7-8-9-10-11-12-13-22-27-26-20-15-19-24-17-14-18-25-21-16-23(3,4)6-2/h24-26H,5-22H2,1-4H3. The van der Waals surface area contributed by atoms with Crippen molar-refractivity contribution in [3.05, 3.63) is 0 Å². The predicted molar refractivity (Wildman–Crippen MR) is 127 cm³/mol. The smallest absolute Gasteiger partial charge is 0.00786 e. The molecule has 0 spiro atoms. The van der Waals surface area contributed by atoms with Gasteiger partial charge >= 0.3 is 0 Å². The largest absolute Gasteiger partial charge is 0.317 e. The average molecular weight is 402 g/mol. The van der Waals surface area contributed by atoms with Crippen molar-refractivity contribution in [1.29, 1.82) is 0 Å². The second-order valence-corrected chi connectivity index (χ2v) is 9.68. The molecular weight excluding hydrogens is 350 g/mol. The monoisotopic (exact) mass is 401 g/mol. The van der Waals surface area contributed by atoms with Crippen molar-refractivity contribution in [2.75, 3.05) is 38.5 Å². The van der Waals surface area contributed by atoms with Crippen LogP contribution >= 0.6 is 11.9 Å². The Labute approximate surface area is 176 Å². The van der Waals surface area contributed by atoms with Crippen molar-refractivity contribution in [2.45, 2.75) is 105 Å². The first-order valence-corrected chi connectivity index (χ1v) is 12.9. The summed E-state index contributed by atoms with van der Waals surface area (Å²) in [4.78, 5) is 0. The molecule has 0 aromatic heterocycles. The highest BCUT2D eigenvalue weighted by atomic mass is 32.2. The molecule has 0 fully saturated rings. The summed E-state index contributed by atoms with van der Waals surface area (Å²) in [6.45, 7) is 15.0. The molecule has 0 aliphatic rings. The first-order valence-electron chi connectivity index (χ1n) is 11.9. The molecule has 3 nitrogen and oxygen atoms in total. The minimum Gasteiger partial charge on any atom is -0.317 e. The number of nitrogens with one attached hydrogen (secondary N) is 3. The van der Waals surface area contributed by atoms with Crippen molar-refractivity contribution in [2.24, 2.45) is 5.41 Å². The van der Waals surface area contributed by atoms with Crippen LogP contribution in [0.1, 0.15) is 105 Å². The average Bonchev–Trinajstić information content (AvgIpc) is 2.66. The molecule has 4 heteroatoms. The van der Waals surface area contributed by atoms with Gasteiger partial charge in [0.05, 0.1) is 0 Å². The third-order valence-corrected chi connectivity index (χ3v) is 6.38. The zero-order valence-corrected chi connectivity index (χ0v) is 20.0. The second kappa shape index (κ2) is 21.0. The molecule has 0 aromatic rings. The molecule has 0 aromatic carbocycles. The maximum atomic E-state index is 3.57. The molecule has 0 saturated heterocycles. The third-order valence-electron chi connectivity index (χ3n) is 5.48. The highest BCUT2D eigenvalue weighted by Crippen LogP contribution is 2.23. The van der Waals surface area contributed by atoms with E-state index in [0.29, 0.717) is 5.41 Å². The molecule has 0 bridgehead atoms. The summed E-state index contributed by atoms with van der Waals surface area (Å²) in [5, 5.41) is 7.13. The van der Waals surface area contributed by atoms with Gasteiger partial charge in [0, 0.05) is 12.3 Å². The van der Waals surface area contributed by atoms with Crippen LogP contribution in [0.2, 0.25) is 0 Å². The molecule has 0 heterocycles. The normalized spacial score (nSPS) is 12.0. The van der Waals surface area contributed by atoms with E-state index in [1.54, 1.807) is 0 Å². The Balaban J connectivity index is 3.05. The Morgan fingerprint density at radius 3 is 1.81 bits per heavy atom. The number of hydrogen-bond acceptors (Lipinski definition) is 4. The summed E-state index contributed by atoms with van der Waals surface area (Å²) in [5.74, 6) is 1.27. The molecule has 0 radical (unpaired) electrons. The van der Waals surface area contributed by atoms with Crippen molar-refractivity contribution >= 4 is 11.9 Å². The van der Waals surface area contributed by atoms with Crippen molar-refractivity contribution in [1.82, 2.24) is 15.4 Å². The number of rotatable bonds is 22. The van der Waals surface area contributed by atoms with Gasteiger partial charge in [0.25, 0.3) is 0 Å². The van der Waals surface area contributed by atoms with Gasteiger partial charge in [-0.25, -0.2) is 0 Å². The van der Waals surface area contributed by atoms with Crippen molar-refractivity contribution in [3.63, 3.8) is 0 Å². The topological polar surface area (TPSA) is 36.1 Å². The first kappa shape index (κ1) is 27.2. The zero-order chi connectivity index (χ0) is 20.1. The lowest BCUT2D eigenvalue weighted by atomic mass is 9.87. The summed E-state index contributed by atoms with van der Waals surface area (Å²) in [5.41, 5.74) is 0.491. The molecule has 0 amide bonds. The summed E-state index contributed by atoms with van der Waals surface area (Å²) in [6, 6.07) is 0. The van der Waals surface area contributed by atoms with Crippen LogP contribution in [0.3, 0.4) is 0 Å². The van der Waals surface area contributed by atoms with Gasteiger partial charge in [0.2, 0.25) is 0 Å². The predicted octanol–water partition coefficient (Wildman–Crippen LogP) is 6.15. The van der Waals surface area contributed by atoms with E-state index >= 15 is 0 Å². The molecule has 0 rings (SSSR count). The third kappa shape index (κ3) is 22.4. The van der Waals surface area contributed by atoms with E-state index in [1.165, 1.54) is 82.8 Å². The molecule has 0 atom stereocenters. The quantitative estimate of drug-likeness (QED) is 0.150. The Bertz CT molecular complexity index is 285. The van der Waals surface area contributed by atoms with Gasteiger partial charge in [-0.3, -0.25) is 4.72 Å². The van der Waals surface area contributed by atoms with Crippen LogP contribution in [0.15, 0.2) is 0 Å². The molecular formula is C23H51N3S. The maximum Gasteiger partial charge on any atom is 0.00786 e. The van der Waals surface area contributed by atoms with Gasteiger partial charge in [-0.05, 0) is 57.3 Å². The minimum absolute atomic E-state index is 0.491. The lowest BCUT2D eigenvalue weighted by molar-refractivity contribution is 0.315. The van der Waals surface area contributed by atoms with Crippen molar-refractivity contribution < 1.29 is 0 Å². The second-order valence-electron chi connectivity index (χ2n) is 8.69. The van der Waals surface area contributed by atoms with E-state index < -0.39 is 0 Å². The first-order chi connectivity index (χ1) is 13.1. The highest BCUT2D eigenvalue weighted by Gasteiger charge is 2.13. The highest BCUT2D eigenvalue weighted by molar-refractivity contribution is 7.97. The zero-order valence-electron chi connectivity index (χ0n) is 19.1. The number of unbranched alkanes of at least 4 members (excludes halogenated alkanes) is 7. The fourth-order valence-corrected chi connectivity index (χ4v) is 3.71. The van der Waals surface area contributed by atoms with E-state index in [4.69, 9.17) is 0 Å². The molecule has 164 valence electrons. The molecule has 3 N–H and O–H groups in total. The lowest BCUT2D eigenvalue weighted by Crippen LogP contribution is -2.26. The van der Waals surface area contributed by atoms with E-state index in [2.05, 4.69) is 43.1 Å². The van der Waals surface area contributed by atoms with Gasteiger partial charge in [-0.1, -0.05) is 91.0 Å². The van der Waals surface area contributed by atoms with E-state index in [0.717, 1.165) is 32.7 Å². The van der Waals surface area contributed by atoms with Crippen LogP contribution in [-0.2, 0) is 0 Å². The van der Waals surface area contributed by atoms with Crippen LogP contribution in [0.4, 0.5) is 0 Å². The van der Waals surface area contributed by atoms with Crippen LogP contribution < -0.4 is 15.4 Å². The Morgan fingerprint density at radius 1 is 0.630 bits per heavy atom. The van der Waals surface area contributed by atoms with E-state index in [-0.39, 0.29) is 0 Å². The van der Waals surface area contributed by atoms with E-state index in [9.17, 15) is 0 Å². The molecule has 0 unspecified atom stereocenters. The molecule has 0 aliphatic heterocycles. The van der Waals surface area contributed by atoms with Gasteiger partial charge in [-0.2, -0.15) is 0 Å². The van der Waals surface area contributed by atoms with Crippen LogP contribution in [-0.4, -0.2) is 38.5 Å². The SMILES string of the molecule is CCCCCCCCCCSNCCCNCCCNCCC(C)(C)CC. The molecule has 0 aliphatic carbocycles. The van der Waals surface area contributed by atoms with Crippen LogP contribution in [0.25, 0.3) is 0 Å². The summed E-state index contributed by atoms with van der Waals surface area (Å²) >= 11 is 1.92. The fourth-order valence-electron chi connectivity index (χ4n) is 2.93. The van der Waals surface area contributed by atoms with Gasteiger partial charge < -0.3 is 10.6 Å². The Morgan fingerprint density at radius 2 is 1.19 bits per heavy atom. The van der Waals surface area contributed by atoms with Crippen LogP contribution in [0, 0.1) is 5.41 Å². The van der Waals surface area contributed by atoms with Crippen molar-refractivity contribution in [3.8, 4) is 0 Å². The van der Waals surface area contributed by atoms with Gasteiger partial charge in [0.1, 0.15) is 0 Å². The van der Waals surface area contributed by atoms with E-state index in [1.807, 2.05) is 11.9 Å². The Hall–Kier alpha value is 0.230. The molecule has 0 saturated carbocycles. The summed E-state index contributed by atoms with van der Waals surface area (Å²) < 4.78 is 3.51. The van der Waals surface area contributed by atoms with Crippen LogP contribution in [0.5, 0.6) is 0 Å². The summed E-state index contributed by atoms with van der Waals surface area (Å²) in [7, 11) is 0. The maximum absolute atomic E-state index is 3.57. The Kier molecular flexibility index (Phi) is 21.1. The minimum atomic E-state index is 0.491.